The van der Waals surface area contributed by atoms with Gasteiger partial charge in [0.05, 0.1) is 12.2 Å². The monoisotopic (exact) mass is 477 g/mol. The minimum atomic E-state index is -0.437. The minimum Gasteiger partial charge on any atom is -0.462 e. The van der Waals surface area contributed by atoms with Crippen LogP contribution in [0.2, 0.25) is 0 Å². The minimum absolute atomic E-state index is 0.270. The molecule has 2 aromatic carbocycles. The number of carbonyl (C=O) groups is 2. The summed E-state index contributed by atoms with van der Waals surface area (Å²) < 4.78 is 7.42. The molecule has 2 aromatic heterocycles. The summed E-state index contributed by atoms with van der Waals surface area (Å²) in [5.41, 5.74) is 3.08. The highest BCUT2D eigenvalue weighted by Crippen LogP contribution is 2.31. The Balaban J connectivity index is 1.52. The number of aryl methyl sites for hydroxylation is 2. The molecule has 9 nitrogen and oxygen atoms in total. The Labute approximate surface area is 199 Å². The van der Waals surface area contributed by atoms with Crippen LogP contribution >= 0.6 is 11.8 Å². The van der Waals surface area contributed by atoms with E-state index in [1.165, 1.54) is 28.6 Å². The highest BCUT2D eigenvalue weighted by molar-refractivity contribution is 7.99. The lowest BCUT2D eigenvalue weighted by molar-refractivity contribution is -0.117. The first-order valence-corrected chi connectivity index (χ1v) is 11.4. The molecule has 1 amide bonds. The molecule has 10 heteroatoms. The van der Waals surface area contributed by atoms with Crippen molar-refractivity contribution >= 4 is 35.0 Å². The molecule has 0 bridgehead atoms. The van der Waals surface area contributed by atoms with E-state index in [1.54, 1.807) is 31.2 Å². The molecule has 0 unspecified atom stereocenters. The van der Waals surface area contributed by atoms with Crippen LogP contribution in [0.4, 0.5) is 5.69 Å². The number of fused-ring (bicyclic) bond motifs is 1. The van der Waals surface area contributed by atoms with Crippen LogP contribution in [-0.4, -0.2) is 37.6 Å². The smallest absolute Gasteiger partial charge is 0.350 e. The van der Waals surface area contributed by atoms with Crippen LogP contribution in [0.25, 0.3) is 5.65 Å². The zero-order chi connectivity index (χ0) is 24.2. The standard InChI is InChI=1S/C24H23N5O4S/c1-4-33-23(31)17-6-8-18(9-7-17)26-20(30)14-29-24(32)28-12-11-25-22(21(28)27-29)34-19-10-5-15(2)13-16(19)3/h5-13H,4,14H2,1-3H3,(H,26,30). The Morgan fingerprint density at radius 3 is 2.59 bits per heavy atom. The summed E-state index contributed by atoms with van der Waals surface area (Å²) in [6.07, 6.45) is 3.07. The fourth-order valence-corrected chi connectivity index (χ4v) is 4.27. The predicted octanol–water partition coefficient (Wildman–Crippen LogP) is 3.47. The number of hydrogen-bond donors (Lipinski definition) is 1. The molecule has 34 heavy (non-hydrogen) atoms. The number of nitrogens with one attached hydrogen (secondary N) is 1. The lowest BCUT2D eigenvalue weighted by atomic mass is 10.2. The van der Waals surface area contributed by atoms with E-state index in [4.69, 9.17) is 4.74 Å². The predicted molar refractivity (Wildman–Crippen MR) is 128 cm³/mol. The van der Waals surface area contributed by atoms with E-state index < -0.39 is 17.6 Å². The summed E-state index contributed by atoms with van der Waals surface area (Å²) >= 11 is 1.42. The third-order valence-electron chi connectivity index (χ3n) is 4.98. The molecular formula is C24H23N5O4S. The zero-order valence-corrected chi connectivity index (χ0v) is 19.8. The summed E-state index contributed by atoms with van der Waals surface area (Å²) in [6.45, 7) is 5.79. The van der Waals surface area contributed by atoms with Crippen molar-refractivity contribution in [1.82, 2.24) is 19.2 Å². The van der Waals surface area contributed by atoms with Crippen LogP contribution < -0.4 is 11.0 Å². The van der Waals surface area contributed by atoms with Crippen molar-refractivity contribution in [2.45, 2.75) is 37.2 Å². The first-order chi connectivity index (χ1) is 16.4. The van der Waals surface area contributed by atoms with Gasteiger partial charge in [0.25, 0.3) is 0 Å². The Morgan fingerprint density at radius 2 is 1.88 bits per heavy atom. The molecule has 1 N–H and O–H groups in total. The largest absolute Gasteiger partial charge is 0.462 e. The van der Waals surface area contributed by atoms with Gasteiger partial charge in [0.1, 0.15) is 11.6 Å². The average Bonchev–Trinajstić information content (AvgIpc) is 3.12. The van der Waals surface area contributed by atoms with Crippen LogP contribution in [0.15, 0.2) is 69.6 Å². The molecule has 0 atom stereocenters. The molecule has 0 aliphatic carbocycles. The Hall–Kier alpha value is -3.92. The Bertz CT molecular complexity index is 1430. The van der Waals surface area contributed by atoms with Gasteiger partial charge in [-0.2, -0.15) is 0 Å². The van der Waals surface area contributed by atoms with Crippen LogP contribution in [0.5, 0.6) is 0 Å². The molecule has 0 aliphatic heterocycles. The Kier molecular flexibility index (Phi) is 6.78. The second-order valence-corrected chi connectivity index (χ2v) is 8.61. The van der Waals surface area contributed by atoms with Crippen molar-refractivity contribution in [3.05, 3.63) is 82.0 Å². The second kappa shape index (κ2) is 9.92. The molecule has 2 heterocycles. The van der Waals surface area contributed by atoms with Crippen molar-refractivity contribution < 1.29 is 14.3 Å². The number of hydrogen-bond acceptors (Lipinski definition) is 7. The number of amides is 1. The van der Waals surface area contributed by atoms with Gasteiger partial charge in [0.2, 0.25) is 5.91 Å². The number of ether oxygens (including phenoxy) is 1. The van der Waals surface area contributed by atoms with E-state index in [2.05, 4.69) is 21.5 Å². The molecule has 0 radical (unpaired) electrons. The van der Waals surface area contributed by atoms with E-state index >= 15 is 0 Å². The molecule has 0 spiro atoms. The third-order valence-corrected chi connectivity index (χ3v) is 6.14. The highest BCUT2D eigenvalue weighted by Gasteiger charge is 2.16. The van der Waals surface area contributed by atoms with Crippen molar-refractivity contribution in [3.8, 4) is 0 Å². The third kappa shape index (κ3) is 5.01. The van der Waals surface area contributed by atoms with Gasteiger partial charge in [-0.25, -0.2) is 23.7 Å². The van der Waals surface area contributed by atoms with E-state index in [-0.39, 0.29) is 13.2 Å². The summed E-state index contributed by atoms with van der Waals surface area (Å²) in [4.78, 5) is 42.5. The summed E-state index contributed by atoms with van der Waals surface area (Å²) in [7, 11) is 0. The van der Waals surface area contributed by atoms with Crippen LogP contribution in [-0.2, 0) is 16.1 Å². The summed E-state index contributed by atoms with van der Waals surface area (Å²) in [5, 5.41) is 7.63. The van der Waals surface area contributed by atoms with Gasteiger partial charge in [-0.15, -0.1) is 5.10 Å². The lowest BCUT2D eigenvalue weighted by Gasteiger charge is -2.06. The molecule has 0 aliphatic rings. The number of esters is 1. The van der Waals surface area contributed by atoms with Gasteiger partial charge in [0.15, 0.2) is 5.65 Å². The first-order valence-electron chi connectivity index (χ1n) is 10.6. The number of rotatable bonds is 7. The number of carbonyl (C=O) groups excluding carboxylic acids is 2. The number of nitrogens with zero attached hydrogens (tertiary/aromatic N) is 4. The van der Waals surface area contributed by atoms with Gasteiger partial charge < -0.3 is 10.1 Å². The van der Waals surface area contributed by atoms with Crippen molar-refractivity contribution in [2.75, 3.05) is 11.9 Å². The normalized spacial score (nSPS) is 10.9. The molecular weight excluding hydrogens is 454 g/mol. The topological polar surface area (TPSA) is 108 Å². The number of anilines is 1. The van der Waals surface area contributed by atoms with Crippen LogP contribution in [0.1, 0.15) is 28.4 Å². The Morgan fingerprint density at radius 1 is 1.12 bits per heavy atom. The van der Waals surface area contributed by atoms with Gasteiger partial charge in [-0.05, 0) is 56.7 Å². The van der Waals surface area contributed by atoms with Gasteiger partial charge in [-0.3, -0.25) is 4.79 Å². The van der Waals surface area contributed by atoms with Crippen LogP contribution in [0.3, 0.4) is 0 Å². The van der Waals surface area contributed by atoms with Crippen molar-refractivity contribution in [1.29, 1.82) is 0 Å². The molecule has 174 valence electrons. The summed E-state index contributed by atoms with van der Waals surface area (Å²) in [5.74, 6) is -0.856. The highest BCUT2D eigenvalue weighted by atomic mass is 32.2. The fourth-order valence-electron chi connectivity index (χ4n) is 3.36. The average molecular weight is 478 g/mol. The van der Waals surface area contributed by atoms with Gasteiger partial charge in [-0.1, -0.05) is 29.5 Å². The zero-order valence-electron chi connectivity index (χ0n) is 18.9. The second-order valence-electron chi connectivity index (χ2n) is 7.58. The quantitative estimate of drug-likeness (QED) is 0.406. The van der Waals surface area contributed by atoms with E-state index in [1.807, 2.05) is 26.0 Å². The number of benzene rings is 2. The van der Waals surface area contributed by atoms with Crippen molar-refractivity contribution in [2.24, 2.45) is 0 Å². The molecule has 4 rings (SSSR count). The maximum atomic E-state index is 12.8. The van der Waals surface area contributed by atoms with E-state index in [0.29, 0.717) is 21.9 Å². The summed E-state index contributed by atoms with van der Waals surface area (Å²) in [6, 6.07) is 12.4. The van der Waals surface area contributed by atoms with Gasteiger partial charge in [0, 0.05) is 23.0 Å². The molecule has 0 saturated carbocycles. The fraction of sp³-hybridized carbons (Fsp3) is 0.208. The van der Waals surface area contributed by atoms with E-state index in [9.17, 15) is 14.4 Å². The van der Waals surface area contributed by atoms with Crippen molar-refractivity contribution in [3.63, 3.8) is 0 Å². The lowest BCUT2D eigenvalue weighted by Crippen LogP contribution is -2.28. The van der Waals surface area contributed by atoms with Crippen LogP contribution in [0, 0.1) is 13.8 Å². The first kappa shape index (κ1) is 23.2. The van der Waals surface area contributed by atoms with E-state index in [0.717, 1.165) is 20.7 Å². The maximum absolute atomic E-state index is 12.8. The SMILES string of the molecule is CCOC(=O)c1ccc(NC(=O)Cn2nc3c(Sc4ccc(C)cc4C)nccn3c2=O)cc1. The molecule has 0 fully saturated rings. The number of aromatic nitrogens is 4. The molecule has 0 saturated heterocycles. The van der Waals surface area contributed by atoms with Gasteiger partial charge >= 0.3 is 11.7 Å². The molecule has 4 aromatic rings. The maximum Gasteiger partial charge on any atom is 0.350 e.